The first kappa shape index (κ1) is 16.8. The molecule has 0 atom stereocenters. The molecule has 0 radical (unpaired) electrons. The summed E-state index contributed by atoms with van der Waals surface area (Å²) in [5.74, 6) is 0. The largest absolute Gasteiger partial charge is 0.378 e. The molecule has 0 aromatic carbocycles. The van der Waals surface area contributed by atoms with Gasteiger partial charge < -0.3 is 19.7 Å². The van der Waals surface area contributed by atoms with E-state index in [9.17, 15) is 0 Å². The molecule has 4 heteroatoms. The second kappa shape index (κ2) is 11.0. The summed E-state index contributed by atoms with van der Waals surface area (Å²) in [6, 6.07) is 1.11. The Morgan fingerprint density at radius 2 is 1.59 bits per heavy atom. The van der Waals surface area contributed by atoms with Crippen LogP contribution >= 0.6 is 0 Å². The van der Waals surface area contributed by atoms with E-state index in [4.69, 9.17) is 9.47 Å². The van der Waals surface area contributed by atoms with E-state index in [0.29, 0.717) is 25.3 Å². The van der Waals surface area contributed by atoms with E-state index >= 15 is 0 Å². The first-order valence-electron chi connectivity index (χ1n) is 6.63. The minimum atomic E-state index is 0. The zero-order valence-electron chi connectivity index (χ0n) is 12.2. The average Bonchev–Trinajstić information content (AvgIpc) is 2.25. The van der Waals surface area contributed by atoms with Crippen LogP contribution in [0.5, 0.6) is 0 Å². The van der Waals surface area contributed by atoms with Crippen LogP contribution in [-0.2, 0) is 9.47 Å². The van der Waals surface area contributed by atoms with Gasteiger partial charge in [-0.2, -0.15) is 0 Å². The number of rotatable bonds is 11. The van der Waals surface area contributed by atoms with Crippen LogP contribution in [0.15, 0.2) is 0 Å². The van der Waals surface area contributed by atoms with Crippen molar-refractivity contribution in [3.63, 3.8) is 0 Å². The minimum Gasteiger partial charge on any atom is -0.378 e. The molecule has 0 fully saturated rings. The molecule has 17 heavy (non-hydrogen) atoms. The number of nitrogens with one attached hydrogen (secondary N) is 1. The Balaban J connectivity index is 0. The smallest absolute Gasteiger partial charge is 0.0701 e. The van der Waals surface area contributed by atoms with Crippen LogP contribution in [0.4, 0.5) is 0 Å². The van der Waals surface area contributed by atoms with Crippen LogP contribution < -0.4 is 5.32 Å². The normalized spacial score (nSPS) is 12.0. The molecule has 0 aromatic heterocycles. The van der Waals surface area contributed by atoms with Gasteiger partial charge in [0.15, 0.2) is 0 Å². The summed E-state index contributed by atoms with van der Waals surface area (Å²) in [6.07, 6.45) is 0. The topological polar surface area (TPSA) is 33.7 Å². The summed E-state index contributed by atoms with van der Waals surface area (Å²) in [7, 11) is 2.11. The number of hydrogen-bond acceptors (Lipinski definition) is 4. The van der Waals surface area contributed by atoms with Crippen molar-refractivity contribution in [3.05, 3.63) is 0 Å². The van der Waals surface area contributed by atoms with Crippen LogP contribution in [0.1, 0.15) is 29.1 Å². The Morgan fingerprint density at radius 1 is 1.00 bits per heavy atom. The fraction of sp³-hybridized carbons (Fsp3) is 1.00. The van der Waals surface area contributed by atoms with Gasteiger partial charge in [-0.3, -0.25) is 0 Å². The molecular weight excluding hydrogens is 216 g/mol. The second-order valence-corrected chi connectivity index (χ2v) is 4.91. The zero-order chi connectivity index (χ0) is 13.1. The Hall–Kier alpha value is -0.160. The number of likely N-dealkylation sites (N-methyl/N-ethyl adjacent to an activating group) is 1. The van der Waals surface area contributed by atoms with Crippen LogP contribution in [0.3, 0.4) is 0 Å². The van der Waals surface area contributed by atoms with Gasteiger partial charge in [0.2, 0.25) is 0 Å². The highest BCUT2D eigenvalue weighted by Crippen LogP contribution is 1.92. The average molecular weight is 248 g/mol. The standard InChI is InChI=1S/C13H30N2O2.H2/c1-12(2)14-6-8-16-10-11-17-9-7-15(5)13(3)4;/h12-14H,6-11H2,1-5H3;1H. The molecular formula is C13H32N2O2. The molecule has 0 aliphatic rings. The van der Waals surface area contributed by atoms with Gasteiger partial charge in [0, 0.05) is 26.6 Å². The summed E-state index contributed by atoms with van der Waals surface area (Å²) < 4.78 is 10.9. The van der Waals surface area contributed by atoms with E-state index in [1.165, 1.54) is 0 Å². The molecule has 0 heterocycles. The third-order valence-electron chi connectivity index (χ3n) is 2.64. The molecule has 0 saturated carbocycles. The Kier molecular flexibility index (Phi) is 10.9. The van der Waals surface area contributed by atoms with Gasteiger partial charge in [0.1, 0.15) is 0 Å². The van der Waals surface area contributed by atoms with Gasteiger partial charge in [0.05, 0.1) is 26.4 Å². The van der Waals surface area contributed by atoms with Crippen molar-refractivity contribution in [2.75, 3.05) is 46.6 Å². The quantitative estimate of drug-likeness (QED) is 0.563. The molecule has 0 bridgehead atoms. The maximum absolute atomic E-state index is 5.50. The molecule has 0 aromatic rings. The highest BCUT2D eigenvalue weighted by Gasteiger charge is 2.01. The summed E-state index contributed by atoms with van der Waals surface area (Å²) in [6.45, 7) is 13.4. The highest BCUT2D eigenvalue weighted by atomic mass is 16.5. The van der Waals surface area contributed by atoms with Crippen molar-refractivity contribution in [2.24, 2.45) is 0 Å². The van der Waals surface area contributed by atoms with Gasteiger partial charge in [0.25, 0.3) is 0 Å². The van der Waals surface area contributed by atoms with Crippen molar-refractivity contribution in [3.8, 4) is 0 Å². The molecule has 0 amide bonds. The van der Waals surface area contributed by atoms with Gasteiger partial charge in [-0.15, -0.1) is 0 Å². The van der Waals surface area contributed by atoms with E-state index < -0.39 is 0 Å². The maximum Gasteiger partial charge on any atom is 0.0701 e. The summed E-state index contributed by atoms with van der Waals surface area (Å²) in [5.41, 5.74) is 0. The van der Waals surface area contributed by atoms with Gasteiger partial charge in [-0.25, -0.2) is 0 Å². The Morgan fingerprint density at radius 3 is 2.12 bits per heavy atom. The summed E-state index contributed by atoms with van der Waals surface area (Å²) >= 11 is 0. The molecule has 0 saturated heterocycles. The van der Waals surface area contributed by atoms with Crippen LogP contribution in [0, 0.1) is 0 Å². The van der Waals surface area contributed by atoms with E-state index in [1.54, 1.807) is 0 Å². The first-order valence-corrected chi connectivity index (χ1v) is 6.63. The van der Waals surface area contributed by atoms with Crippen molar-refractivity contribution in [1.82, 2.24) is 10.2 Å². The monoisotopic (exact) mass is 248 g/mol. The van der Waals surface area contributed by atoms with Crippen molar-refractivity contribution >= 4 is 0 Å². The first-order chi connectivity index (χ1) is 8.04. The van der Waals surface area contributed by atoms with E-state index in [2.05, 4.69) is 45.0 Å². The van der Waals surface area contributed by atoms with E-state index in [1.807, 2.05) is 0 Å². The van der Waals surface area contributed by atoms with Crippen LogP contribution in [0.25, 0.3) is 0 Å². The van der Waals surface area contributed by atoms with Crippen molar-refractivity contribution < 1.29 is 10.9 Å². The third kappa shape index (κ3) is 12.1. The van der Waals surface area contributed by atoms with E-state index in [-0.39, 0.29) is 1.43 Å². The Labute approximate surface area is 108 Å². The van der Waals surface area contributed by atoms with Crippen LogP contribution in [0.2, 0.25) is 0 Å². The Bertz CT molecular complexity index is 169. The van der Waals surface area contributed by atoms with Crippen LogP contribution in [-0.4, -0.2) is 63.5 Å². The molecule has 1 N–H and O–H groups in total. The number of hydrogen-bond donors (Lipinski definition) is 1. The molecule has 0 aliphatic heterocycles. The SMILES string of the molecule is CC(C)NCCOCCOCCN(C)C(C)C.[HH]. The lowest BCUT2D eigenvalue weighted by atomic mass is 10.3. The van der Waals surface area contributed by atoms with E-state index in [0.717, 1.165) is 26.3 Å². The van der Waals surface area contributed by atoms with Crippen molar-refractivity contribution in [1.29, 1.82) is 0 Å². The van der Waals surface area contributed by atoms with Crippen molar-refractivity contribution in [2.45, 2.75) is 39.8 Å². The predicted molar refractivity (Wildman–Crippen MR) is 74.7 cm³/mol. The second-order valence-electron chi connectivity index (χ2n) is 4.91. The third-order valence-corrected chi connectivity index (χ3v) is 2.64. The molecule has 106 valence electrons. The molecule has 0 aliphatic carbocycles. The lowest BCUT2D eigenvalue weighted by molar-refractivity contribution is 0.0391. The van der Waals surface area contributed by atoms with Gasteiger partial charge in [-0.05, 0) is 20.9 Å². The fourth-order valence-corrected chi connectivity index (χ4v) is 1.21. The number of nitrogens with zero attached hydrogens (tertiary/aromatic N) is 1. The molecule has 0 rings (SSSR count). The maximum atomic E-state index is 5.50. The number of ether oxygens (including phenoxy) is 2. The molecule has 0 spiro atoms. The summed E-state index contributed by atoms with van der Waals surface area (Å²) in [5, 5.41) is 3.30. The van der Waals surface area contributed by atoms with Gasteiger partial charge in [-0.1, -0.05) is 13.8 Å². The molecule has 0 unspecified atom stereocenters. The highest BCUT2D eigenvalue weighted by molar-refractivity contribution is 4.55. The summed E-state index contributed by atoms with van der Waals surface area (Å²) in [4.78, 5) is 2.27. The van der Waals surface area contributed by atoms with Gasteiger partial charge >= 0.3 is 0 Å². The lowest BCUT2D eigenvalue weighted by Gasteiger charge is -2.20. The fourth-order valence-electron chi connectivity index (χ4n) is 1.21. The minimum absolute atomic E-state index is 0. The lowest BCUT2D eigenvalue weighted by Crippen LogP contribution is -2.30. The zero-order valence-corrected chi connectivity index (χ0v) is 12.2. The predicted octanol–water partition coefficient (Wildman–Crippen LogP) is 1.60. The molecule has 4 nitrogen and oxygen atoms in total.